The number of rotatable bonds is 1. The Balaban J connectivity index is 1.65. The Labute approximate surface area is 148 Å². The summed E-state index contributed by atoms with van der Waals surface area (Å²) in [5.74, 6) is 0.194. The predicted octanol–water partition coefficient (Wildman–Crippen LogP) is 2.28. The van der Waals surface area contributed by atoms with E-state index in [1.807, 2.05) is 32.1 Å². The largest absolute Gasteiger partial charge is 0.443 e. The Morgan fingerprint density at radius 2 is 2.08 bits per heavy atom. The van der Waals surface area contributed by atoms with Crippen molar-refractivity contribution in [3.05, 3.63) is 35.7 Å². The van der Waals surface area contributed by atoms with Crippen LogP contribution < -0.4 is 5.73 Å². The molecule has 4 rings (SSSR count). The van der Waals surface area contributed by atoms with Gasteiger partial charge in [0.2, 0.25) is 0 Å². The zero-order chi connectivity index (χ0) is 17.8. The topological polar surface area (TPSA) is 75.9 Å². The Morgan fingerprint density at radius 1 is 1.28 bits per heavy atom. The minimum Gasteiger partial charge on any atom is -0.443 e. The molecule has 3 aliphatic heterocycles. The van der Waals surface area contributed by atoms with Gasteiger partial charge >= 0.3 is 6.09 Å². The Kier molecular flexibility index (Phi) is 3.49. The van der Waals surface area contributed by atoms with Crippen LogP contribution in [0.2, 0.25) is 0 Å². The number of hydrogen-bond acceptors (Lipinski definition) is 4. The van der Waals surface area contributed by atoms with Gasteiger partial charge in [-0.05, 0) is 57.8 Å². The maximum absolute atomic E-state index is 13.4. The summed E-state index contributed by atoms with van der Waals surface area (Å²) in [5, 5.41) is 0. The molecule has 2 N–H and O–H groups in total. The zero-order valence-corrected chi connectivity index (χ0v) is 14.8. The zero-order valence-electron chi connectivity index (χ0n) is 14.8. The fourth-order valence-corrected chi connectivity index (χ4v) is 4.46. The second-order valence-electron chi connectivity index (χ2n) is 8.00. The SMILES string of the molecule is CC1(C)OC(=O)N2CC1CC21CCN(C2=C/C=C(/N)CC/C=C\2)C1=O. The van der Waals surface area contributed by atoms with Crippen molar-refractivity contribution in [1.29, 1.82) is 0 Å². The molecule has 0 aromatic carbocycles. The molecule has 6 nitrogen and oxygen atoms in total. The summed E-state index contributed by atoms with van der Waals surface area (Å²) in [6.45, 7) is 5.10. The quantitative estimate of drug-likeness (QED) is 0.792. The first-order valence-electron chi connectivity index (χ1n) is 8.99. The van der Waals surface area contributed by atoms with Gasteiger partial charge in [-0.1, -0.05) is 6.08 Å². The summed E-state index contributed by atoms with van der Waals surface area (Å²) >= 11 is 0. The third-order valence-electron chi connectivity index (χ3n) is 6.12. The summed E-state index contributed by atoms with van der Waals surface area (Å²) in [6, 6.07) is 0. The molecule has 3 fully saturated rings. The van der Waals surface area contributed by atoms with Crippen LogP contribution in [-0.4, -0.2) is 46.0 Å². The standard InChI is InChI=1S/C19H25N3O3/c1-18(2)13-11-19(22(12-13)17(24)25-18)9-10-21(16(19)23)15-6-4-3-5-14(20)7-8-15/h4,6-8,13H,3,5,9-12,20H2,1-2H3/b6-4-,14-7+,15-8+. The highest BCUT2D eigenvalue weighted by Crippen LogP contribution is 2.49. The highest BCUT2D eigenvalue weighted by molar-refractivity contribution is 5.94. The van der Waals surface area contributed by atoms with E-state index >= 15 is 0 Å². The van der Waals surface area contributed by atoms with Crippen LogP contribution in [0, 0.1) is 5.92 Å². The van der Waals surface area contributed by atoms with Gasteiger partial charge in [-0.3, -0.25) is 9.69 Å². The molecule has 1 spiro atoms. The molecular weight excluding hydrogens is 318 g/mol. The maximum atomic E-state index is 13.4. The lowest BCUT2D eigenvalue weighted by atomic mass is 9.83. The van der Waals surface area contributed by atoms with Crippen LogP contribution in [0.3, 0.4) is 0 Å². The van der Waals surface area contributed by atoms with Crippen LogP contribution in [0.25, 0.3) is 0 Å². The Bertz CT molecular complexity index is 721. The van der Waals surface area contributed by atoms with E-state index in [0.29, 0.717) is 25.9 Å². The third-order valence-corrected chi connectivity index (χ3v) is 6.12. The van der Waals surface area contributed by atoms with Crippen LogP contribution in [0.5, 0.6) is 0 Å². The summed E-state index contributed by atoms with van der Waals surface area (Å²) in [6.07, 6.45) is 10.5. The summed E-state index contributed by atoms with van der Waals surface area (Å²) in [4.78, 5) is 29.3. The van der Waals surface area contributed by atoms with Crippen molar-refractivity contribution in [3.63, 3.8) is 0 Å². The number of likely N-dealkylation sites (tertiary alicyclic amines) is 1. The number of cyclic esters (lactones) is 1. The van der Waals surface area contributed by atoms with Gasteiger partial charge in [0.05, 0.1) is 0 Å². The molecular formula is C19H25N3O3. The van der Waals surface area contributed by atoms with E-state index in [2.05, 4.69) is 6.08 Å². The molecule has 25 heavy (non-hydrogen) atoms. The number of carbonyl (C=O) groups excluding carboxylic acids is 2. The molecule has 0 radical (unpaired) electrons. The minimum atomic E-state index is -0.748. The fourth-order valence-electron chi connectivity index (χ4n) is 4.46. The number of carbonyl (C=O) groups is 2. The summed E-state index contributed by atoms with van der Waals surface area (Å²) in [5.41, 5.74) is 6.34. The van der Waals surface area contributed by atoms with Crippen molar-refractivity contribution < 1.29 is 14.3 Å². The average Bonchev–Trinajstić information content (AvgIpc) is 3.05. The number of allylic oxidation sites excluding steroid dienone is 5. The lowest BCUT2D eigenvalue weighted by molar-refractivity contribution is -0.134. The normalized spacial score (nSPS) is 39.4. The first-order valence-corrected chi connectivity index (χ1v) is 8.99. The Morgan fingerprint density at radius 3 is 2.88 bits per heavy atom. The predicted molar refractivity (Wildman–Crippen MR) is 93.2 cm³/mol. The second kappa shape index (κ2) is 5.38. The molecule has 2 bridgehead atoms. The monoisotopic (exact) mass is 343 g/mol. The molecule has 6 heteroatoms. The van der Waals surface area contributed by atoms with Crippen molar-refractivity contribution in [1.82, 2.24) is 9.80 Å². The van der Waals surface area contributed by atoms with Gasteiger partial charge in [0, 0.05) is 30.4 Å². The molecule has 0 aromatic rings. The highest BCUT2D eigenvalue weighted by atomic mass is 16.6. The van der Waals surface area contributed by atoms with E-state index < -0.39 is 11.1 Å². The molecule has 134 valence electrons. The van der Waals surface area contributed by atoms with Crippen molar-refractivity contribution in [2.24, 2.45) is 11.7 Å². The van der Waals surface area contributed by atoms with Crippen molar-refractivity contribution in [3.8, 4) is 0 Å². The van der Waals surface area contributed by atoms with Gasteiger partial charge in [-0.25, -0.2) is 4.79 Å². The molecule has 2 amide bonds. The van der Waals surface area contributed by atoms with E-state index in [1.54, 1.807) is 9.80 Å². The van der Waals surface area contributed by atoms with Crippen LogP contribution >= 0.6 is 0 Å². The van der Waals surface area contributed by atoms with Crippen LogP contribution in [0.4, 0.5) is 4.79 Å². The molecule has 3 saturated heterocycles. The van der Waals surface area contributed by atoms with Gasteiger partial charge in [-0.2, -0.15) is 0 Å². The lowest BCUT2D eigenvalue weighted by Gasteiger charge is -2.38. The van der Waals surface area contributed by atoms with Gasteiger partial charge < -0.3 is 15.4 Å². The second-order valence-corrected chi connectivity index (χ2v) is 8.00. The number of ether oxygens (including phenoxy) is 1. The molecule has 4 aliphatic rings. The number of hydrogen-bond donors (Lipinski definition) is 1. The van der Waals surface area contributed by atoms with Gasteiger partial charge in [-0.15, -0.1) is 0 Å². The molecule has 0 saturated carbocycles. The number of nitrogens with two attached hydrogens (primary N) is 1. The number of fused-ring (bicyclic) bond motifs is 3. The van der Waals surface area contributed by atoms with E-state index in [1.165, 1.54) is 0 Å². The van der Waals surface area contributed by atoms with Gasteiger partial charge in [0.15, 0.2) is 0 Å². The first kappa shape index (κ1) is 16.2. The molecule has 2 atom stereocenters. The van der Waals surface area contributed by atoms with E-state index in [4.69, 9.17) is 10.5 Å². The first-order chi connectivity index (χ1) is 11.8. The molecule has 2 unspecified atom stereocenters. The Hall–Kier alpha value is -2.24. The number of amides is 2. The third kappa shape index (κ3) is 2.38. The molecule has 3 heterocycles. The van der Waals surface area contributed by atoms with Crippen LogP contribution in [-0.2, 0) is 9.53 Å². The highest BCUT2D eigenvalue weighted by Gasteiger charge is 2.64. The number of nitrogens with zero attached hydrogens (tertiary/aromatic N) is 2. The van der Waals surface area contributed by atoms with Crippen LogP contribution in [0.15, 0.2) is 35.7 Å². The van der Waals surface area contributed by atoms with Gasteiger partial charge in [0.1, 0.15) is 11.1 Å². The smallest absolute Gasteiger partial charge is 0.411 e. The van der Waals surface area contributed by atoms with Crippen molar-refractivity contribution in [2.45, 2.75) is 50.7 Å². The van der Waals surface area contributed by atoms with Gasteiger partial charge in [0.25, 0.3) is 5.91 Å². The average molecular weight is 343 g/mol. The van der Waals surface area contributed by atoms with E-state index in [0.717, 1.165) is 24.2 Å². The summed E-state index contributed by atoms with van der Waals surface area (Å²) in [7, 11) is 0. The van der Waals surface area contributed by atoms with E-state index in [-0.39, 0.29) is 17.9 Å². The minimum absolute atomic E-state index is 0.00750. The molecule has 0 aromatic heterocycles. The van der Waals surface area contributed by atoms with E-state index in [9.17, 15) is 9.59 Å². The summed E-state index contributed by atoms with van der Waals surface area (Å²) < 4.78 is 5.59. The fraction of sp³-hybridized carbons (Fsp3) is 0.579. The van der Waals surface area contributed by atoms with Crippen molar-refractivity contribution in [2.75, 3.05) is 13.1 Å². The maximum Gasteiger partial charge on any atom is 0.411 e. The molecule has 1 aliphatic carbocycles. The van der Waals surface area contributed by atoms with Crippen molar-refractivity contribution >= 4 is 12.0 Å². The van der Waals surface area contributed by atoms with Crippen LogP contribution in [0.1, 0.15) is 39.5 Å². The lowest BCUT2D eigenvalue weighted by Crippen LogP contribution is -2.55.